The standard InChI is InChI=1S/C29H53N7O2S4/c30-18-28(37)34-11-13-39-24-8-7-22(24)17-23(32)5-3-1-2-4-6-27(33)36-20-42(21-41-15-16-41)26-10-9-25(26)40-14-12-35-29(38)19-31/h15,21-22,24-26,32H,1-14,16-20,30-31H2,(H2,33,36)(H,34,37)(H,35,38)/p+2. The number of amidine groups is 1. The summed E-state index contributed by atoms with van der Waals surface area (Å²) in [6.45, 7) is 1.51. The Morgan fingerprint density at radius 2 is 1.57 bits per heavy atom. The fourth-order valence-electron chi connectivity index (χ4n) is 5.13. The van der Waals surface area contributed by atoms with Gasteiger partial charge in [-0.25, -0.2) is 0 Å². The molecule has 0 aromatic heterocycles. The average molecular weight is 662 g/mol. The van der Waals surface area contributed by atoms with E-state index in [4.69, 9.17) is 22.6 Å². The van der Waals surface area contributed by atoms with Crippen LogP contribution in [0.5, 0.6) is 0 Å². The highest BCUT2D eigenvalue weighted by molar-refractivity contribution is 8.43. The quantitative estimate of drug-likeness (QED) is 0.0330. The third-order valence-electron chi connectivity index (χ3n) is 8.06. The Kier molecular flexibility index (Phi) is 17.2. The average Bonchev–Trinajstić information content (AvgIpc) is 3.78. The highest BCUT2D eigenvalue weighted by atomic mass is 32.2. The molecule has 240 valence electrons. The molecule has 6 unspecified atom stereocenters. The second kappa shape index (κ2) is 20.2. The lowest BCUT2D eigenvalue weighted by Gasteiger charge is -2.38. The van der Waals surface area contributed by atoms with Crippen LogP contribution in [0.25, 0.3) is 0 Å². The van der Waals surface area contributed by atoms with Gasteiger partial charge in [-0.3, -0.25) is 25.7 Å². The molecule has 13 heteroatoms. The molecule has 1 aliphatic heterocycles. The van der Waals surface area contributed by atoms with Crippen molar-refractivity contribution < 1.29 is 20.0 Å². The molecule has 3 rings (SSSR count). The van der Waals surface area contributed by atoms with E-state index in [1.54, 1.807) is 0 Å². The van der Waals surface area contributed by atoms with E-state index in [0.717, 1.165) is 66.3 Å². The molecule has 9 nitrogen and oxygen atoms in total. The first-order valence-corrected chi connectivity index (χ1v) is 20.7. The number of thioether (sulfide) groups is 2. The Hall–Kier alpha value is -0.860. The zero-order chi connectivity index (χ0) is 30.2. The van der Waals surface area contributed by atoms with Crippen molar-refractivity contribution in [3.63, 3.8) is 0 Å². The van der Waals surface area contributed by atoms with Crippen LogP contribution in [0.4, 0.5) is 0 Å². The lowest BCUT2D eigenvalue weighted by atomic mass is 9.80. The van der Waals surface area contributed by atoms with Gasteiger partial charge in [0, 0.05) is 65.4 Å². The molecular weight excluding hydrogens is 607 g/mol. The molecule has 2 fully saturated rings. The van der Waals surface area contributed by atoms with Gasteiger partial charge in [-0.1, -0.05) is 12.8 Å². The summed E-state index contributed by atoms with van der Waals surface area (Å²) in [6.07, 6.45) is 12.7. The topological polar surface area (TPSA) is 176 Å². The minimum Gasteiger partial charge on any atom is -0.354 e. The Labute approximate surface area is 266 Å². The molecule has 42 heavy (non-hydrogen) atoms. The van der Waals surface area contributed by atoms with E-state index >= 15 is 0 Å². The van der Waals surface area contributed by atoms with Crippen LogP contribution in [-0.2, 0) is 9.59 Å². The van der Waals surface area contributed by atoms with Crippen molar-refractivity contribution in [2.24, 2.45) is 23.1 Å². The van der Waals surface area contributed by atoms with Crippen molar-refractivity contribution in [2.45, 2.75) is 86.4 Å². The van der Waals surface area contributed by atoms with Gasteiger partial charge in [-0.2, -0.15) is 34.0 Å². The molecule has 3 aliphatic rings. The molecule has 0 aromatic rings. The van der Waals surface area contributed by atoms with Gasteiger partial charge >= 0.3 is 0 Å². The number of hydrogen-bond donors (Lipinski definition) is 7. The summed E-state index contributed by atoms with van der Waals surface area (Å²) in [7, 11) is 0.648. The number of nitrogens with two attached hydrogens (primary N) is 4. The monoisotopic (exact) mass is 661 g/mol. The van der Waals surface area contributed by atoms with E-state index in [-0.39, 0.29) is 35.4 Å². The molecule has 0 aromatic carbocycles. The Morgan fingerprint density at radius 1 is 0.952 bits per heavy atom. The van der Waals surface area contributed by atoms with Gasteiger partial charge < -0.3 is 22.1 Å². The number of nitrogens with one attached hydrogen (secondary N) is 3. The van der Waals surface area contributed by atoms with Crippen LogP contribution in [0, 0.1) is 5.92 Å². The molecule has 0 bridgehead atoms. The molecule has 11 N–H and O–H groups in total. The normalized spacial score (nSPS) is 25.6. The number of amides is 2. The molecule has 6 atom stereocenters. The van der Waals surface area contributed by atoms with Crippen molar-refractivity contribution in [1.82, 2.24) is 10.6 Å². The molecule has 0 radical (unpaired) electrons. The van der Waals surface area contributed by atoms with Crippen molar-refractivity contribution >= 4 is 77.9 Å². The van der Waals surface area contributed by atoms with Crippen LogP contribution in [0.3, 0.4) is 0 Å². The summed E-state index contributed by atoms with van der Waals surface area (Å²) in [4.78, 5) is 26.2. The van der Waals surface area contributed by atoms with Crippen LogP contribution < -0.4 is 38.2 Å². The Balaban J connectivity index is 1.24. The van der Waals surface area contributed by atoms with Crippen molar-refractivity contribution in [1.29, 1.82) is 0 Å². The summed E-state index contributed by atoms with van der Waals surface area (Å²) in [5.41, 5.74) is 18.3. The van der Waals surface area contributed by atoms with Gasteiger partial charge in [0.05, 0.1) is 13.1 Å². The van der Waals surface area contributed by atoms with Gasteiger partial charge in [-0.05, 0) is 54.5 Å². The molecule has 0 spiro atoms. The van der Waals surface area contributed by atoms with E-state index in [1.807, 2.05) is 23.5 Å². The van der Waals surface area contributed by atoms with Crippen LogP contribution in [-0.4, -0.2) is 98.5 Å². The number of rotatable bonds is 23. The minimum atomic E-state index is -0.0804. The number of unbranched alkanes of at least 4 members (excludes halogenated alkanes) is 3. The number of carbonyl (C=O) groups excluding carboxylic acids is 2. The largest absolute Gasteiger partial charge is 0.354 e. The van der Waals surface area contributed by atoms with Crippen molar-refractivity contribution in [3.8, 4) is 0 Å². The predicted octanol–water partition coefficient (Wildman–Crippen LogP) is -0.648. The van der Waals surface area contributed by atoms with Crippen LogP contribution in [0.15, 0.2) is 0 Å². The van der Waals surface area contributed by atoms with Crippen LogP contribution in [0.2, 0.25) is 0 Å². The molecule has 2 aliphatic carbocycles. The van der Waals surface area contributed by atoms with Crippen molar-refractivity contribution in [3.05, 3.63) is 0 Å². The van der Waals surface area contributed by atoms with E-state index in [2.05, 4.69) is 25.7 Å². The minimum absolute atomic E-state index is 0.0617. The summed E-state index contributed by atoms with van der Waals surface area (Å²) < 4.78 is 2.60. The molecule has 2 amide bonds. The lowest BCUT2D eigenvalue weighted by molar-refractivity contribution is -0.434. The fraction of sp³-hybridized carbons (Fsp3) is 0.793. The van der Waals surface area contributed by atoms with Crippen LogP contribution in [0.1, 0.15) is 70.6 Å². The zero-order valence-electron chi connectivity index (χ0n) is 25.2. The first-order valence-electron chi connectivity index (χ1n) is 15.6. The Bertz CT molecular complexity index is 991. The first-order chi connectivity index (χ1) is 20.4. The van der Waals surface area contributed by atoms with Gasteiger partial charge in [0.1, 0.15) is 11.6 Å². The third kappa shape index (κ3) is 13.8. The molecule has 0 saturated heterocycles. The fourth-order valence-corrected chi connectivity index (χ4v) is 12.9. The van der Waals surface area contributed by atoms with Crippen molar-refractivity contribution in [2.75, 3.05) is 49.3 Å². The summed E-state index contributed by atoms with van der Waals surface area (Å²) >= 11 is 3.96. The maximum Gasteiger partial charge on any atom is 0.241 e. The second-order valence-corrected chi connectivity index (χ2v) is 18.3. The molecular formula is C29H55N7O2S4+2. The van der Waals surface area contributed by atoms with Gasteiger partial charge in [0.2, 0.25) is 17.6 Å². The molecule has 2 saturated carbocycles. The van der Waals surface area contributed by atoms with E-state index in [1.165, 1.54) is 44.3 Å². The summed E-state index contributed by atoms with van der Waals surface area (Å²) in [5, 5.41) is 16.6. The van der Waals surface area contributed by atoms with Gasteiger partial charge in [0.25, 0.3) is 0 Å². The zero-order valence-corrected chi connectivity index (χ0v) is 28.4. The SMILES string of the molecule is NCC(=O)NCCSC1CCC1CC(=[NH2+])CCCCCC/C(N)=[NH+]\C/S(=C\S1=CC1)C1CCC1SCCNC(=O)CN. The highest BCUT2D eigenvalue weighted by Gasteiger charge is 2.34. The van der Waals surface area contributed by atoms with Gasteiger partial charge in [0.15, 0.2) is 0 Å². The van der Waals surface area contributed by atoms with E-state index in [9.17, 15) is 9.59 Å². The summed E-state index contributed by atoms with van der Waals surface area (Å²) in [5.74, 6) is 5.57. The van der Waals surface area contributed by atoms with Crippen LogP contribution >= 0.6 is 44.5 Å². The number of hydrogen-bond acceptors (Lipinski definition) is 6. The summed E-state index contributed by atoms with van der Waals surface area (Å²) in [6, 6.07) is 0. The maximum absolute atomic E-state index is 11.4. The highest BCUT2D eigenvalue weighted by Crippen LogP contribution is 2.44. The van der Waals surface area contributed by atoms with Gasteiger partial charge in [-0.15, -0.1) is 10.5 Å². The first kappa shape index (κ1) is 35.6. The smallest absolute Gasteiger partial charge is 0.241 e. The number of carbonyl (C=O) groups is 2. The second-order valence-electron chi connectivity index (χ2n) is 11.4. The van der Waals surface area contributed by atoms with E-state index in [0.29, 0.717) is 40.0 Å². The lowest BCUT2D eigenvalue weighted by Crippen LogP contribution is -2.75. The van der Waals surface area contributed by atoms with E-state index < -0.39 is 0 Å². The Morgan fingerprint density at radius 3 is 2.12 bits per heavy atom. The maximum atomic E-state index is 11.4. The predicted molar refractivity (Wildman–Crippen MR) is 189 cm³/mol. The molecule has 1 heterocycles. The third-order valence-corrected chi connectivity index (χ3v) is 15.7.